The van der Waals surface area contributed by atoms with Gasteiger partial charge in [0, 0.05) is 13.1 Å². The molecule has 1 aromatic heterocycles. The van der Waals surface area contributed by atoms with E-state index in [1.807, 2.05) is 6.92 Å². The molecule has 1 unspecified atom stereocenters. The summed E-state index contributed by atoms with van der Waals surface area (Å²) in [5.41, 5.74) is 0. The Bertz CT molecular complexity index is 386. The molecule has 1 aliphatic heterocycles. The summed E-state index contributed by atoms with van der Waals surface area (Å²) in [5.74, 6) is 0.648. The largest absolute Gasteiger partial charge is 0.406 e. The number of ether oxygens (including phenoxy) is 1. The second-order valence-corrected chi connectivity index (χ2v) is 5.26. The van der Waals surface area contributed by atoms with Crippen LogP contribution in [0.1, 0.15) is 46.0 Å². The van der Waals surface area contributed by atoms with Crippen molar-refractivity contribution in [3.63, 3.8) is 0 Å². The van der Waals surface area contributed by atoms with E-state index in [1.165, 1.54) is 0 Å². The Hall–Kier alpha value is -1.14. The van der Waals surface area contributed by atoms with E-state index in [-0.39, 0.29) is 18.2 Å². The van der Waals surface area contributed by atoms with Crippen LogP contribution in [0.3, 0.4) is 0 Å². The number of hydrogen-bond donors (Lipinski definition) is 1. The van der Waals surface area contributed by atoms with Gasteiger partial charge in [-0.1, -0.05) is 12.0 Å². The number of aromatic nitrogens is 2. The molecule has 6 nitrogen and oxygen atoms in total. The molecular weight excluding hydrogens is 244 g/mol. The highest BCUT2D eigenvalue weighted by molar-refractivity contribution is 5.26. The van der Waals surface area contributed by atoms with Gasteiger partial charge >= 0.3 is 6.01 Å². The molecule has 108 valence electrons. The van der Waals surface area contributed by atoms with Crippen molar-refractivity contribution in [2.75, 3.05) is 24.5 Å². The maximum atomic E-state index is 5.76. The first kappa shape index (κ1) is 14.3. The first-order chi connectivity index (χ1) is 9.10. The smallest absolute Gasteiger partial charge is 0.318 e. The Kier molecular flexibility index (Phi) is 4.76. The van der Waals surface area contributed by atoms with Gasteiger partial charge in [0.1, 0.15) is 0 Å². The average Bonchev–Trinajstić information content (AvgIpc) is 2.84. The molecule has 1 saturated heterocycles. The third kappa shape index (κ3) is 3.67. The Balaban J connectivity index is 1.99. The fourth-order valence-electron chi connectivity index (χ4n) is 2.31. The van der Waals surface area contributed by atoms with Crippen molar-refractivity contribution in [1.29, 1.82) is 0 Å². The van der Waals surface area contributed by atoms with Crippen molar-refractivity contribution < 1.29 is 9.15 Å². The molecule has 1 fully saturated rings. The summed E-state index contributed by atoms with van der Waals surface area (Å²) in [6.07, 6.45) is 1.47. The highest BCUT2D eigenvalue weighted by Gasteiger charge is 2.26. The number of nitrogens with one attached hydrogen (secondary N) is 1. The minimum atomic E-state index is 0.0945. The highest BCUT2D eigenvalue weighted by atomic mass is 16.5. The zero-order chi connectivity index (χ0) is 13.8. The van der Waals surface area contributed by atoms with Crippen molar-refractivity contribution in [3.8, 4) is 0 Å². The molecule has 0 saturated carbocycles. The first-order valence-corrected chi connectivity index (χ1v) is 7.07. The number of nitrogens with zero attached hydrogens (tertiary/aromatic N) is 3. The summed E-state index contributed by atoms with van der Waals surface area (Å²) in [4.78, 5) is 2.10. The van der Waals surface area contributed by atoms with Crippen LogP contribution in [0.2, 0.25) is 0 Å². The molecule has 1 N–H and O–H groups in total. The fourth-order valence-corrected chi connectivity index (χ4v) is 2.31. The summed E-state index contributed by atoms with van der Waals surface area (Å²) in [7, 11) is 0. The van der Waals surface area contributed by atoms with Gasteiger partial charge in [0.05, 0.1) is 18.2 Å². The second kappa shape index (κ2) is 6.34. The van der Waals surface area contributed by atoms with E-state index in [0.29, 0.717) is 11.9 Å². The van der Waals surface area contributed by atoms with Crippen molar-refractivity contribution in [2.24, 2.45) is 0 Å². The first-order valence-electron chi connectivity index (χ1n) is 7.07. The van der Waals surface area contributed by atoms with E-state index in [0.717, 1.165) is 26.1 Å². The molecule has 6 heteroatoms. The zero-order valence-corrected chi connectivity index (χ0v) is 12.2. The molecule has 1 aromatic rings. The maximum Gasteiger partial charge on any atom is 0.318 e. The van der Waals surface area contributed by atoms with Crippen molar-refractivity contribution in [2.45, 2.75) is 52.4 Å². The molecule has 0 aromatic carbocycles. The van der Waals surface area contributed by atoms with Gasteiger partial charge in [0.25, 0.3) is 0 Å². The molecule has 0 aliphatic carbocycles. The molecular formula is C13H24N4O2. The van der Waals surface area contributed by atoms with Gasteiger partial charge in [-0.2, -0.15) is 0 Å². The normalized spacial score (nSPS) is 25.6. The van der Waals surface area contributed by atoms with Crippen LogP contribution in [0.25, 0.3) is 0 Å². The number of rotatable bonds is 5. The second-order valence-electron chi connectivity index (χ2n) is 5.26. The number of morpholine rings is 1. The number of anilines is 1. The average molecular weight is 268 g/mol. The fraction of sp³-hybridized carbons (Fsp3) is 0.846. The lowest BCUT2D eigenvalue weighted by Gasteiger charge is -2.33. The lowest BCUT2D eigenvalue weighted by atomic mass is 10.2. The third-order valence-electron chi connectivity index (χ3n) is 3.19. The Labute approximate surface area is 114 Å². The standard InChI is InChI=1S/C13H24N4O2/c1-5-6-14-11(4)12-15-16-13(19-12)17-7-9(2)18-10(3)8-17/h9-11,14H,5-8H2,1-4H3/t9-,10+,11?. The summed E-state index contributed by atoms with van der Waals surface area (Å²) in [6.45, 7) is 10.8. The lowest BCUT2D eigenvalue weighted by Crippen LogP contribution is -2.45. The lowest BCUT2D eigenvalue weighted by molar-refractivity contribution is -0.00677. The molecule has 0 amide bonds. The van der Waals surface area contributed by atoms with Gasteiger partial charge in [-0.05, 0) is 33.7 Å². The monoisotopic (exact) mass is 268 g/mol. The van der Waals surface area contributed by atoms with Crippen molar-refractivity contribution >= 4 is 6.01 Å². The van der Waals surface area contributed by atoms with E-state index in [2.05, 4.69) is 41.2 Å². The Morgan fingerprint density at radius 2 is 2.00 bits per heavy atom. The van der Waals surface area contributed by atoms with Crippen LogP contribution in [0, 0.1) is 0 Å². The summed E-state index contributed by atoms with van der Waals surface area (Å²) < 4.78 is 11.5. The molecule has 2 heterocycles. The minimum Gasteiger partial charge on any atom is -0.406 e. The van der Waals surface area contributed by atoms with Gasteiger partial charge in [0.2, 0.25) is 5.89 Å². The van der Waals surface area contributed by atoms with E-state index >= 15 is 0 Å². The third-order valence-corrected chi connectivity index (χ3v) is 3.19. The van der Waals surface area contributed by atoms with Crippen LogP contribution in [0.5, 0.6) is 0 Å². The van der Waals surface area contributed by atoms with Gasteiger partial charge in [0.15, 0.2) is 0 Å². The maximum absolute atomic E-state index is 5.76. The summed E-state index contributed by atoms with van der Waals surface area (Å²) >= 11 is 0. The quantitative estimate of drug-likeness (QED) is 0.877. The van der Waals surface area contributed by atoms with Crippen molar-refractivity contribution in [3.05, 3.63) is 5.89 Å². The van der Waals surface area contributed by atoms with Crippen LogP contribution in [0.15, 0.2) is 4.42 Å². The minimum absolute atomic E-state index is 0.0945. The molecule has 19 heavy (non-hydrogen) atoms. The predicted octanol–water partition coefficient (Wildman–Crippen LogP) is 1.74. The van der Waals surface area contributed by atoms with E-state index in [1.54, 1.807) is 0 Å². The van der Waals surface area contributed by atoms with E-state index < -0.39 is 0 Å². The van der Waals surface area contributed by atoms with Gasteiger partial charge in [-0.15, -0.1) is 5.10 Å². The molecule has 1 aliphatic rings. The summed E-state index contributed by atoms with van der Waals surface area (Å²) in [5, 5.41) is 11.6. The predicted molar refractivity (Wildman–Crippen MR) is 73.2 cm³/mol. The Morgan fingerprint density at radius 1 is 1.32 bits per heavy atom. The molecule has 3 atom stereocenters. The topological polar surface area (TPSA) is 63.4 Å². The van der Waals surface area contributed by atoms with Crippen LogP contribution in [-0.2, 0) is 4.74 Å². The highest BCUT2D eigenvalue weighted by Crippen LogP contribution is 2.21. The summed E-state index contributed by atoms with van der Waals surface area (Å²) in [6, 6.07) is 0.694. The van der Waals surface area contributed by atoms with Gasteiger partial charge in [-0.25, -0.2) is 0 Å². The molecule has 0 radical (unpaired) electrons. The van der Waals surface area contributed by atoms with Crippen LogP contribution in [-0.4, -0.2) is 42.0 Å². The number of hydrogen-bond acceptors (Lipinski definition) is 6. The van der Waals surface area contributed by atoms with Crippen LogP contribution >= 0.6 is 0 Å². The van der Waals surface area contributed by atoms with Gasteiger partial charge in [-0.3, -0.25) is 0 Å². The molecule has 0 spiro atoms. The molecule has 2 rings (SSSR count). The zero-order valence-electron chi connectivity index (χ0n) is 12.2. The Morgan fingerprint density at radius 3 is 2.63 bits per heavy atom. The van der Waals surface area contributed by atoms with E-state index in [4.69, 9.17) is 9.15 Å². The van der Waals surface area contributed by atoms with Crippen LogP contribution in [0.4, 0.5) is 6.01 Å². The molecule has 0 bridgehead atoms. The van der Waals surface area contributed by atoms with Gasteiger partial charge < -0.3 is 19.4 Å². The SMILES string of the molecule is CCCNC(C)c1nnc(N2C[C@@H](C)O[C@@H](C)C2)o1. The van der Waals surface area contributed by atoms with E-state index in [9.17, 15) is 0 Å². The van der Waals surface area contributed by atoms with Crippen LogP contribution < -0.4 is 10.2 Å². The van der Waals surface area contributed by atoms with Crippen molar-refractivity contribution in [1.82, 2.24) is 15.5 Å².